The van der Waals surface area contributed by atoms with E-state index in [2.05, 4.69) is 39.0 Å². The Kier molecular flexibility index (Phi) is 5.18. The molecule has 1 aromatic carbocycles. The topological polar surface area (TPSA) is 40.5 Å². The second-order valence-corrected chi connectivity index (χ2v) is 11.6. The maximum atomic E-state index is 11.2. The minimum atomic E-state index is -0.361. The SMILES string of the molecule is C[C@H](C(O)c1ccccc1)C1CCC2C3CC=C4CC(O)CC[C@]4(C)C3CCC21C. The van der Waals surface area contributed by atoms with E-state index in [9.17, 15) is 10.2 Å². The van der Waals surface area contributed by atoms with Gasteiger partial charge in [-0.3, -0.25) is 0 Å². The van der Waals surface area contributed by atoms with Crippen LogP contribution in [0.2, 0.25) is 0 Å². The Balaban J connectivity index is 1.39. The molecular weight excluding hydrogens is 368 g/mol. The monoisotopic (exact) mass is 408 g/mol. The molecule has 1 aromatic rings. The zero-order valence-corrected chi connectivity index (χ0v) is 19.1. The normalized spacial score (nSPS) is 45.0. The fourth-order valence-electron chi connectivity index (χ4n) is 8.72. The largest absolute Gasteiger partial charge is 0.393 e. The van der Waals surface area contributed by atoms with Crippen molar-refractivity contribution in [2.24, 2.45) is 40.4 Å². The van der Waals surface area contributed by atoms with Crippen molar-refractivity contribution < 1.29 is 10.2 Å². The molecule has 2 nitrogen and oxygen atoms in total. The second-order valence-electron chi connectivity index (χ2n) is 11.6. The van der Waals surface area contributed by atoms with Gasteiger partial charge in [-0.25, -0.2) is 0 Å². The van der Waals surface area contributed by atoms with Crippen molar-refractivity contribution in [3.8, 4) is 0 Å². The first-order valence-electron chi connectivity index (χ1n) is 12.4. The van der Waals surface area contributed by atoms with E-state index in [0.717, 1.165) is 42.6 Å². The summed E-state index contributed by atoms with van der Waals surface area (Å²) >= 11 is 0. The lowest BCUT2D eigenvalue weighted by molar-refractivity contribution is -0.0676. The molecule has 3 fully saturated rings. The molecule has 3 saturated carbocycles. The zero-order valence-electron chi connectivity index (χ0n) is 19.1. The minimum Gasteiger partial charge on any atom is -0.393 e. The second kappa shape index (κ2) is 7.48. The quantitative estimate of drug-likeness (QED) is 0.577. The Morgan fingerprint density at radius 2 is 1.73 bits per heavy atom. The lowest BCUT2D eigenvalue weighted by Gasteiger charge is -2.58. The molecule has 2 heteroatoms. The molecule has 164 valence electrons. The number of hydrogen-bond donors (Lipinski definition) is 2. The van der Waals surface area contributed by atoms with E-state index in [4.69, 9.17) is 0 Å². The summed E-state index contributed by atoms with van der Waals surface area (Å²) in [7, 11) is 0. The molecule has 0 amide bonds. The summed E-state index contributed by atoms with van der Waals surface area (Å²) in [6.45, 7) is 7.37. The molecule has 0 saturated heterocycles. The molecule has 9 atom stereocenters. The molecule has 0 radical (unpaired) electrons. The number of rotatable bonds is 3. The van der Waals surface area contributed by atoms with Gasteiger partial charge >= 0.3 is 0 Å². The van der Waals surface area contributed by atoms with E-state index in [1.54, 1.807) is 5.57 Å². The maximum Gasteiger partial charge on any atom is 0.0818 e. The van der Waals surface area contributed by atoms with Gasteiger partial charge in [0.25, 0.3) is 0 Å². The maximum absolute atomic E-state index is 11.2. The molecule has 30 heavy (non-hydrogen) atoms. The van der Waals surface area contributed by atoms with Crippen molar-refractivity contribution >= 4 is 0 Å². The predicted molar refractivity (Wildman–Crippen MR) is 122 cm³/mol. The van der Waals surface area contributed by atoms with Gasteiger partial charge in [-0.2, -0.15) is 0 Å². The molecule has 2 N–H and O–H groups in total. The van der Waals surface area contributed by atoms with Gasteiger partial charge in [0.15, 0.2) is 0 Å². The van der Waals surface area contributed by atoms with E-state index < -0.39 is 0 Å². The molecule has 0 aliphatic heterocycles. The van der Waals surface area contributed by atoms with Gasteiger partial charge in [-0.05, 0) is 97.3 Å². The van der Waals surface area contributed by atoms with E-state index in [0.29, 0.717) is 22.7 Å². The summed E-state index contributed by atoms with van der Waals surface area (Å²) in [5.41, 5.74) is 3.31. The Labute approximate surface area is 182 Å². The molecule has 4 aliphatic rings. The lowest BCUT2D eigenvalue weighted by atomic mass is 9.47. The van der Waals surface area contributed by atoms with Gasteiger partial charge in [-0.1, -0.05) is 62.8 Å². The van der Waals surface area contributed by atoms with E-state index in [-0.39, 0.29) is 12.2 Å². The highest BCUT2D eigenvalue weighted by Crippen LogP contribution is 2.67. The highest BCUT2D eigenvalue weighted by atomic mass is 16.3. The zero-order chi connectivity index (χ0) is 21.1. The van der Waals surface area contributed by atoms with Crippen LogP contribution in [0.5, 0.6) is 0 Å². The first kappa shape index (κ1) is 20.8. The number of allylic oxidation sites excluding steroid dienone is 1. The fraction of sp³-hybridized carbons (Fsp3) is 0.714. The average molecular weight is 409 g/mol. The Bertz CT molecular complexity index is 800. The lowest BCUT2D eigenvalue weighted by Crippen LogP contribution is -2.51. The van der Waals surface area contributed by atoms with Crippen LogP contribution in [0, 0.1) is 40.4 Å². The summed E-state index contributed by atoms with van der Waals surface area (Å²) in [5.74, 6) is 3.27. The van der Waals surface area contributed by atoms with Crippen molar-refractivity contribution in [2.45, 2.75) is 84.3 Å². The molecule has 4 aliphatic carbocycles. The highest BCUT2D eigenvalue weighted by molar-refractivity contribution is 5.26. The van der Waals surface area contributed by atoms with Crippen LogP contribution < -0.4 is 0 Å². The smallest absolute Gasteiger partial charge is 0.0818 e. The summed E-state index contributed by atoms with van der Waals surface area (Å²) in [6, 6.07) is 10.3. The van der Waals surface area contributed by atoms with Gasteiger partial charge in [0, 0.05) is 0 Å². The highest BCUT2D eigenvalue weighted by Gasteiger charge is 2.59. The van der Waals surface area contributed by atoms with Crippen LogP contribution >= 0.6 is 0 Å². The molecular formula is C28H40O2. The van der Waals surface area contributed by atoms with Crippen LogP contribution in [0.15, 0.2) is 42.0 Å². The molecule has 7 unspecified atom stereocenters. The van der Waals surface area contributed by atoms with Crippen molar-refractivity contribution in [2.75, 3.05) is 0 Å². The van der Waals surface area contributed by atoms with Gasteiger partial charge in [0.1, 0.15) is 0 Å². The first-order chi connectivity index (χ1) is 14.3. The Morgan fingerprint density at radius 3 is 2.50 bits per heavy atom. The van der Waals surface area contributed by atoms with Crippen LogP contribution in [0.25, 0.3) is 0 Å². The van der Waals surface area contributed by atoms with E-state index in [1.165, 1.54) is 32.1 Å². The van der Waals surface area contributed by atoms with Crippen LogP contribution in [0.3, 0.4) is 0 Å². The van der Waals surface area contributed by atoms with Gasteiger partial charge in [0.05, 0.1) is 12.2 Å². The van der Waals surface area contributed by atoms with Crippen molar-refractivity contribution in [1.82, 2.24) is 0 Å². The standard InChI is InChI=1S/C28H40O2/c1-18(26(30)19-7-5-4-6-8-19)23-11-12-24-22-10-9-20-17-21(29)13-15-27(20,2)25(22)14-16-28(23,24)3/h4-9,18,21-26,29-30H,10-17H2,1-3H3/t18-,21?,22?,23?,24?,25?,26?,27-,28?/m0/s1. The number of aliphatic hydroxyl groups excluding tert-OH is 2. The van der Waals surface area contributed by atoms with Gasteiger partial charge in [-0.15, -0.1) is 0 Å². The van der Waals surface area contributed by atoms with E-state index in [1.807, 2.05) is 18.2 Å². The summed E-state index contributed by atoms with van der Waals surface area (Å²) in [5, 5.41) is 21.4. The van der Waals surface area contributed by atoms with Crippen LogP contribution in [-0.4, -0.2) is 16.3 Å². The number of benzene rings is 1. The Morgan fingerprint density at radius 1 is 0.967 bits per heavy atom. The number of hydrogen-bond acceptors (Lipinski definition) is 2. The number of aliphatic hydroxyl groups is 2. The molecule has 5 rings (SSSR count). The van der Waals surface area contributed by atoms with Crippen molar-refractivity contribution in [3.05, 3.63) is 47.5 Å². The van der Waals surface area contributed by atoms with Crippen molar-refractivity contribution in [3.63, 3.8) is 0 Å². The third-order valence-corrected chi connectivity index (χ3v) is 10.4. The number of fused-ring (bicyclic) bond motifs is 5. The molecule has 0 aromatic heterocycles. The Hall–Kier alpha value is -1.12. The third-order valence-electron chi connectivity index (χ3n) is 10.4. The van der Waals surface area contributed by atoms with Crippen LogP contribution in [0.1, 0.15) is 83.8 Å². The van der Waals surface area contributed by atoms with Crippen LogP contribution in [-0.2, 0) is 0 Å². The molecule has 0 bridgehead atoms. The average Bonchev–Trinajstić information content (AvgIpc) is 3.11. The van der Waals surface area contributed by atoms with Gasteiger partial charge in [0.2, 0.25) is 0 Å². The van der Waals surface area contributed by atoms with Gasteiger partial charge < -0.3 is 10.2 Å². The first-order valence-corrected chi connectivity index (χ1v) is 12.4. The molecule has 0 spiro atoms. The van der Waals surface area contributed by atoms with E-state index >= 15 is 0 Å². The summed E-state index contributed by atoms with van der Waals surface area (Å²) < 4.78 is 0. The summed E-state index contributed by atoms with van der Waals surface area (Å²) in [4.78, 5) is 0. The van der Waals surface area contributed by atoms with Crippen LogP contribution in [0.4, 0.5) is 0 Å². The van der Waals surface area contributed by atoms with Crippen molar-refractivity contribution in [1.29, 1.82) is 0 Å². The molecule has 0 heterocycles. The minimum absolute atomic E-state index is 0.120. The summed E-state index contributed by atoms with van der Waals surface area (Å²) in [6.07, 6.45) is 11.5. The fourth-order valence-corrected chi connectivity index (χ4v) is 8.72. The predicted octanol–water partition coefficient (Wildman–Crippen LogP) is 6.30. The third kappa shape index (κ3) is 3.05.